The minimum atomic E-state index is -4.45. The first kappa shape index (κ1) is 33.9. The van der Waals surface area contributed by atoms with Gasteiger partial charge in [-0.2, -0.15) is 13.2 Å². The Morgan fingerprint density at radius 2 is 0.768 bits per heavy atom. The van der Waals surface area contributed by atoms with Crippen LogP contribution in [0.5, 0.6) is 0 Å². The molecular formula is C50H35F3N2Si. The SMILES string of the molecule is Cc1ccc2c3ccccc3n(-c3ccc([Si](c4ccccc4)(c4ccccc4)c4ccc(-n5c6ccccc6c6ccc(C(F)(F)F)cc65)cc4)cc3)c2c1. The molecule has 0 radical (unpaired) electrons. The van der Waals surface area contributed by atoms with Crippen molar-refractivity contribution in [3.63, 3.8) is 0 Å². The van der Waals surface area contributed by atoms with Crippen molar-refractivity contribution in [2.24, 2.45) is 0 Å². The molecule has 0 unspecified atom stereocenters. The van der Waals surface area contributed by atoms with E-state index >= 15 is 0 Å². The lowest BCUT2D eigenvalue weighted by Gasteiger charge is -2.34. The van der Waals surface area contributed by atoms with Crippen molar-refractivity contribution < 1.29 is 13.2 Å². The number of fused-ring (bicyclic) bond motifs is 6. The molecule has 56 heavy (non-hydrogen) atoms. The number of halogens is 3. The molecular weight excluding hydrogens is 714 g/mol. The van der Waals surface area contributed by atoms with Gasteiger partial charge in [0.2, 0.25) is 0 Å². The van der Waals surface area contributed by atoms with E-state index in [1.165, 1.54) is 60.2 Å². The Hall–Kier alpha value is -6.63. The Bertz CT molecular complexity index is 3010. The van der Waals surface area contributed by atoms with E-state index in [1.54, 1.807) is 6.07 Å². The van der Waals surface area contributed by atoms with Crippen LogP contribution in [0, 0.1) is 6.92 Å². The second-order valence-electron chi connectivity index (χ2n) is 14.5. The summed E-state index contributed by atoms with van der Waals surface area (Å²) in [5.74, 6) is 0. The fourth-order valence-corrected chi connectivity index (χ4v) is 13.6. The molecule has 10 aromatic rings. The molecule has 0 N–H and O–H groups in total. The molecule has 2 heterocycles. The van der Waals surface area contributed by atoms with Crippen molar-refractivity contribution >= 4 is 72.4 Å². The minimum absolute atomic E-state index is 0.527. The Morgan fingerprint density at radius 3 is 1.25 bits per heavy atom. The van der Waals surface area contributed by atoms with Crippen LogP contribution in [0.15, 0.2) is 194 Å². The average molecular weight is 749 g/mol. The number of benzene rings is 8. The van der Waals surface area contributed by atoms with E-state index in [9.17, 15) is 13.2 Å². The van der Waals surface area contributed by atoms with Gasteiger partial charge in [-0.15, -0.1) is 0 Å². The van der Waals surface area contributed by atoms with Crippen LogP contribution < -0.4 is 20.7 Å². The van der Waals surface area contributed by atoms with Crippen LogP contribution in [0.3, 0.4) is 0 Å². The summed E-state index contributed by atoms with van der Waals surface area (Å²) in [6.45, 7) is 2.14. The van der Waals surface area contributed by atoms with Gasteiger partial charge in [0.15, 0.2) is 8.07 Å². The summed E-state index contributed by atoms with van der Waals surface area (Å²) in [5, 5.41) is 9.04. The molecule has 0 spiro atoms. The number of hydrogen-bond donors (Lipinski definition) is 0. The van der Waals surface area contributed by atoms with Gasteiger partial charge in [-0.25, -0.2) is 0 Å². The Morgan fingerprint density at radius 1 is 0.375 bits per heavy atom. The summed E-state index contributed by atoms with van der Waals surface area (Å²) >= 11 is 0. The monoisotopic (exact) mass is 748 g/mol. The summed E-state index contributed by atoms with van der Waals surface area (Å²) < 4.78 is 46.4. The topological polar surface area (TPSA) is 9.86 Å². The molecule has 2 aromatic heterocycles. The number of para-hydroxylation sites is 2. The van der Waals surface area contributed by atoms with Crippen LogP contribution >= 0.6 is 0 Å². The van der Waals surface area contributed by atoms with Crippen LogP contribution in [-0.2, 0) is 6.18 Å². The van der Waals surface area contributed by atoms with Crippen LogP contribution in [0.25, 0.3) is 55.0 Å². The van der Waals surface area contributed by atoms with Gasteiger partial charge in [-0.1, -0.05) is 140 Å². The fourth-order valence-electron chi connectivity index (χ4n) is 8.88. The zero-order chi connectivity index (χ0) is 38.0. The number of alkyl halides is 3. The first-order chi connectivity index (χ1) is 27.3. The van der Waals surface area contributed by atoms with Gasteiger partial charge in [0.25, 0.3) is 0 Å². The third-order valence-corrected chi connectivity index (χ3v) is 16.2. The fraction of sp³-hybridized carbons (Fsp3) is 0.0400. The largest absolute Gasteiger partial charge is 0.416 e. The van der Waals surface area contributed by atoms with E-state index in [0.29, 0.717) is 5.52 Å². The Labute approximate surface area is 323 Å². The Balaban J connectivity index is 1.18. The zero-order valence-electron chi connectivity index (χ0n) is 30.5. The molecule has 0 amide bonds. The minimum Gasteiger partial charge on any atom is -0.309 e. The molecule has 0 aliphatic heterocycles. The quantitative estimate of drug-likeness (QED) is 0.118. The lowest BCUT2D eigenvalue weighted by Crippen LogP contribution is -2.74. The van der Waals surface area contributed by atoms with E-state index in [4.69, 9.17) is 0 Å². The highest BCUT2D eigenvalue weighted by Gasteiger charge is 2.41. The van der Waals surface area contributed by atoms with E-state index in [1.807, 2.05) is 28.8 Å². The van der Waals surface area contributed by atoms with Crippen LogP contribution in [0.1, 0.15) is 11.1 Å². The molecule has 6 heteroatoms. The third-order valence-electron chi connectivity index (χ3n) is 11.4. The summed E-state index contributed by atoms with van der Waals surface area (Å²) in [4.78, 5) is 0. The summed E-state index contributed by atoms with van der Waals surface area (Å²) in [6.07, 6.45) is -4.45. The average Bonchev–Trinajstić information content (AvgIpc) is 3.74. The highest BCUT2D eigenvalue weighted by atomic mass is 28.3. The number of aryl methyl sites for hydroxylation is 1. The molecule has 0 bridgehead atoms. The summed E-state index contributed by atoms with van der Waals surface area (Å²) in [7, 11) is -2.94. The second kappa shape index (κ2) is 13.0. The Kier molecular flexibility index (Phi) is 7.87. The lowest BCUT2D eigenvalue weighted by molar-refractivity contribution is -0.137. The van der Waals surface area contributed by atoms with E-state index in [0.717, 1.165) is 27.7 Å². The maximum atomic E-state index is 14.0. The van der Waals surface area contributed by atoms with Crippen molar-refractivity contribution in [1.82, 2.24) is 9.13 Å². The normalized spacial score (nSPS) is 12.3. The molecule has 0 fully saturated rings. The number of nitrogens with zero attached hydrogens (tertiary/aromatic N) is 2. The van der Waals surface area contributed by atoms with Crippen molar-refractivity contribution in [2.75, 3.05) is 0 Å². The van der Waals surface area contributed by atoms with Gasteiger partial charge in [0.05, 0.1) is 27.6 Å². The number of rotatable bonds is 6. The van der Waals surface area contributed by atoms with Crippen LogP contribution in [0.2, 0.25) is 0 Å². The van der Waals surface area contributed by atoms with Gasteiger partial charge in [-0.05, 0) is 87.8 Å². The first-order valence-electron chi connectivity index (χ1n) is 18.8. The van der Waals surface area contributed by atoms with Crippen molar-refractivity contribution in [2.45, 2.75) is 13.1 Å². The molecule has 2 nitrogen and oxygen atoms in total. The lowest BCUT2D eigenvalue weighted by atomic mass is 10.1. The smallest absolute Gasteiger partial charge is 0.309 e. The maximum Gasteiger partial charge on any atom is 0.416 e. The molecule has 8 aromatic carbocycles. The van der Waals surface area contributed by atoms with E-state index in [-0.39, 0.29) is 0 Å². The standard InChI is InChI=1S/C50H35F3N2Si/c1-34-20-30-44-42-16-8-10-18-46(42)54(48(44)32-34)36-22-26-40(27-23-36)56(38-12-4-2-5-13-38,39-14-6-3-7-15-39)41-28-24-37(25-29-41)55-47-19-11-9-17-43(47)45-31-21-35(33-49(45)55)50(51,52)53/h2-33H,1H3. The van der Waals surface area contributed by atoms with Gasteiger partial charge in [-0.3, -0.25) is 0 Å². The van der Waals surface area contributed by atoms with Gasteiger partial charge in [0.1, 0.15) is 0 Å². The molecule has 10 rings (SSSR count). The molecule has 0 aliphatic rings. The van der Waals surface area contributed by atoms with Crippen molar-refractivity contribution in [3.8, 4) is 11.4 Å². The third kappa shape index (κ3) is 5.24. The number of hydrogen-bond acceptors (Lipinski definition) is 0. The van der Waals surface area contributed by atoms with Gasteiger partial charge >= 0.3 is 6.18 Å². The van der Waals surface area contributed by atoms with Gasteiger partial charge < -0.3 is 9.13 Å². The first-order valence-corrected chi connectivity index (χ1v) is 20.8. The maximum absolute atomic E-state index is 14.0. The summed E-state index contributed by atoms with van der Waals surface area (Å²) in [5.41, 5.74) is 6.18. The van der Waals surface area contributed by atoms with Crippen LogP contribution in [0.4, 0.5) is 13.2 Å². The van der Waals surface area contributed by atoms with Crippen LogP contribution in [-0.4, -0.2) is 17.2 Å². The molecule has 0 saturated heterocycles. The number of aromatic nitrogens is 2. The predicted octanol–water partition coefficient (Wildman–Crippen LogP) is 10.6. The molecule has 0 aliphatic carbocycles. The van der Waals surface area contributed by atoms with Gasteiger partial charge in [0, 0.05) is 32.9 Å². The zero-order valence-corrected chi connectivity index (χ0v) is 31.5. The highest BCUT2D eigenvalue weighted by molar-refractivity contribution is 7.19. The van der Waals surface area contributed by atoms with Crippen molar-refractivity contribution in [3.05, 3.63) is 205 Å². The van der Waals surface area contributed by atoms with E-state index < -0.39 is 19.8 Å². The molecule has 270 valence electrons. The highest BCUT2D eigenvalue weighted by Crippen LogP contribution is 2.37. The summed E-state index contributed by atoms with van der Waals surface area (Å²) in [6, 6.07) is 66.3. The predicted molar refractivity (Wildman–Crippen MR) is 228 cm³/mol. The van der Waals surface area contributed by atoms with Crippen molar-refractivity contribution in [1.29, 1.82) is 0 Å². The second-order valence-corrected chi connectivity index (χ2v) is 18.3. The molecule has 0 saturated carbocycles. The van der Waals surface area contributed by atoms with E-state index in [2.05, 4.69) is 163 Å². The molecule has 0 atom stereocenters.